The van der Waals surface area contributed by atoms with Gasteiger partial charge in [-0.05, 0) is 86.5 Å². The van der Waals surface area contributed by atoms with E-state index in [9.17, 15) is 80.8 Å². The molecule has 1 unspecified atom stereocenters. The fourth-order valence-electron chi connectivity index (χ4n) is 13.8. The van der Waals surface area contributed by atoms with Crippen LogP contribution in [-0.4, -0.2) is 244 Å². The molecule has 416 valence electrons. The van der Waals surface area contributed by atoms with E-state index >= 15 is 0 Å². The minimum Gasteiger partial charge on any atom is -0.481 e. The molecule has 26 atom stereocenters. The minimum atomic E-state index is -1.98. The third kappa shape index (κ3) is 10.1. The van der Waals surface area contributed by atoms with Crippen LogP contribution in [0.4, 0.5) is 0 Å². The van der Waals surface area contributed by atoms with E-state index in [1.54, 1.807) is 6.92 Å². The predicted octanol–water partition coefficient (Wildman–Crippen LogP) is -5.09. The summed E-state index contributed by atoms with van der Waals surface area (Å²) in [5.74, 6) is -3.65. The Kier molecular flexibility index (Phi) is 16.8. The summed E-state index contributed by atoms with van der Waals surface area (Å²) in [4.78, 5) is 37.4. The van der Waals surface area contributed by atoms with Crippen molar-refractivity contribution in [1.29, 1.82) is 0 Å². The second kappa shape index (κ2) is 21.6. The molecule has 4 heterocycles. The van der Waals surface area contributed by atoms with E-state index < -0.39 is 195 Å². The monoisotopic (exact) mass is 1050 g/mol. The molecule has 0 radical (unpaired) electrons. The van der Waals surface area contributed by atoms with Crippen LogP contribution in [0, 0.1) is 28.1 Å². The molecule has 26 nitrogen and oxygen atoms in total. The fraction of sp³-hybridized carbons (Fsp3) is 0.894. The summed E-state index contributed by atoms with van der Waals surface area (Å²) in [6.45, 7) is 5.23. The lowest BCUT2D eigenvalue weighted by Gasteiger charge is -2.64. The third-order valence-corrected chi connectivity index (χ3v) is 17.6. The lowest BCUT2D eigenvalue weighted by atomic mass is 9.41. The highest BCUT2D eigenvalue weighted by molar-refractivity contribution is 5.90. The molecule has 73 heavy (non-hydrogen) atoms. The first-order chi connectivity index (χ1) is 34.4. The van der Waals surface area contributed by atoms with E-state index in [0.29, 0.717) is 56.9 Å². The van der Waals surface area contributed by atoms with Crippen molar-refractivity contribution in [1.82, 2.24) is 0 Å². The summed E-state index contributed by atoms with van der Waals surface area (Å²) in [6.07, 6.45) is -31.8. The maximum atomic E-state index is 14.5. The SMILES string of the molecule is C=C1C[C@@]23CC[C@H]4[C@@](C)(CCC[C@@]4(C)C(=O)O[C@@H]4O[C@H](COC(=O)CC(=O)O)[C@@H](O)[C@H](O)[C@H]4O)[C@@H]2CC[C@]1(O[C@@H]1O[C@H](CO)[C@@H](O)[C@H](O[C@@H]2OC(CO)[C@@H](O)[C@H](O)[C@H]2O)[C@H]1O[C@@H]1O[C@H](CO)[C@@H](O)[C@H](O)[C@H]1O)C3. The fourth-order valence-corrected chi connectivity index (χ4v) is 13.8. The van der Waals surface area contributed by atoms with Gasteiger partial charge in [0, 0.05) is 0 Å². The topological polar surface area (TPSA) is 418 Å². The molecule has 8 fully saturated rings. The Morgan fingerprint density at radius 1 is 0.603 bits per heavy atom. The Morgan fingerprint density at radius 2 is 1.11 bits per heavy atom. The maximum absolute atomic E-state index is 14.5. The third-order valence-electron chi connectivity index (χ3n) is 17.6. The van der Waals surface area contributed by atoms with Gasteiger partial charge in [0.2, 0.25) is 6.29 Å². The van der Waals surface area contributed by atoms with Gasteiger partial charge in [0.15, 0.2) is 18.9 Å². The molecule has 14 N–H and O–H groups in total. The van der Waals surface area contributed by atoms with Crippen molar-refractivity contribution in [2.45, 2.75) is 206 Å². The largest absolute Gasteiger partial charge is 0.481 e. The van der Waals surface area contributed by atoms with Crippen molar-refractivity contribution in [3.8, 4) is 0 Å². The van der Waals surface area contributed by atoms with Gasteiger partial charge >= 0.3 is 17.9 Å². The number of aliphatic hydroxyl groups excluding tert-OH is 13. The van der Waals surface area contributed by atoms with Crippen LogP contribution < -0.4 is 0 Å². The van der Waals surface area contributed by atoms with Crippen LogP contribution in [0.15, 0.2) is 12.2 Å². The van der Waals surface area contributed by atoms with E-state index in [4.69, 9.17) is 47.7 Å². The second-order valence-corrected chi connectivity index (χ2v) is 21.9. The molecule has 8 aliphatic rings. The number of aliphatic carboxylic acids is 1. The maximum Gasteiger partial charge on any atom is 0.317 e. The normalized spacial score (nSPS) is 50.9. The van der Waals surface area contributed by atoms with Gasteiger partial charge in [0.05, 0.1) is 30.8 Å². The van der Waals surface area contributed by atoms with Crippen LogP contribution in [0.25, 0.3) is 0 Å². The molecule has 0 aromatic rings. The van der Waals surface area contributed by atoms with Gasteiger partial charge in [-0.1, -0.05) is 19.9 Å². The minimum absolute atomic E-state index is 0.0387. The van der Waals surface area contributed by atoms with Gasteiger partial charge < -0.3 is 114 Å². The number of carboxylic acids is 1. The summed E-state index contributed by atoms with van der Waals surface area (Å²) in [5, 5.41) is 148. The first kappa shape index (κ1) is 56.6. The van der Waals surface area contributed by atoms with E-state index in [2.05, 4.69) is 13.5 Å². The number of esters is 2. The molecule has 4 saturated carbocycles. The quantitative estimate of drug-likeness (QED) is 0.0316. The predicted molar refractivity (Wildman–Crippen MR) is 235 cm³/mol. The molecular formula is C47H72O26. The standard InChI is InChI=1S/C47H72O26/c1-18-12-46-9-5-23-44(2,7-4-8-45(23,3)43(64)72-41-36(63)33(60)29(56)22(69-41)16-65-26(53)11-25(51)52)24(46)6-10-47(18,17-46)73-42-38(71-40-35(62)32(59)28(55)20(14-49)67-40)37(30(57)21(15-50)68-42)70-39-34(61)31(58)27(54)19(13-48)66-39/h19-24,27-42,48-50,54-63H,1,4-17H2,2-3H3,(H,51,52)/t19?,20-,21-,22-,23+,24+,27-,28-,29-,30-,31+,32+,33+,34-,35-,36-,37+,38-,39+,40+,41+,42+,44-,45-,46-,47+/m1/s1. The van der Waals surface area contributed by atoms with E-state index in [-0.39, 0.29) is 11.8 Å². The molecular weight excluding hydrogens is 980 g/mol. The number of rotatable bonds is 15. The van der Waals surface area contributed by atoms with Crippen molar-refractivity contribution in [2.75, 3.05) is 26.4 Å². The lowest BCUT2D eigenvalue weighted by Crippen LogP contribution is -2.68. The summed E-state index contributed by atoms with van der Waals surface area (Å²) in [7, 11) is 0. The number of carboxylic acid groups (broad SMARTS) is 1. The molecule has 4 saturated heterocycles. The highest BCUT2D eigenvalue weighted by Gasteiger charge is 2.70. The van der Waals surface area contributed by atoms with Crippen molar-refractivity contribution < 1.29 is 129 Å². The zero-order valence-electron chi connectivity index (χ0n) is 40.5. The van der Waals surface area contributed by atoms with E-state index in [0.717, 1.165) is 6.42 Å². The second-order valence-electron chi connectivity index (χ2n) is 21.9. The number of hydrogen-bond acceptors (Lipinski definition) is 25. The number of ether oxygens (including phenoxy) is 9. The summed E-state index contributed by atoms with van der Waals surface area (Å²) in [6, 6.07) is 0. The molecule has 8 rings (SSSR count). The molecule has 4 aliphatic heterocycles. The van der Waals surface area contributed by atoms with Crippen LogP contribution >= 0.6 is 0 Å². The van der Waals surface area contributed by atoms with Crippen molar-refractivity contribution >= 4 is 17.9 Å². The summed E-state index contributed by atoms with van der Waals surface area (Å²) >= 11 is 0. The number of carbonyl (C=O) groups is 3. The summed E-state index contributed by atoms with van der Waals surface area (Å²) in [5.41, 5.74) is -2.65. The van der Waals surface area contributed by atoms with Crippen molar-refractivity contribution in [3.05, 3.63) is 12.2 Å². The average molecular weight is 1050 g/mol. The Bertz CT molecular complexity index is 1990. The Labute approximate surface area is 418 Å². The highest BCUT2D eigenvalue weighted by atomic mass is 16.8. The zero-order valence-corrected chi connectivity index (χ0v) is 40.5. The van der Waals surface area contributed by atoms with Crippen molar-refractivity contribution in [2.24, 2.45) is 28.1 Å². The smallest absolute Gasteiger partial charge is 0.317 e. The molecule has 2 bridgehead atoms. The van der Waals surface area contributed by atoms with Gasteiger partial charge in [0.25, 0.3) is 0 Å². The summed E-state index contributed by atoms with van der Waals surface area (Å²) < 4.78 is 53.3. The number of fused-ring (bicyclic) bond motifs is 3. The average Bonchev–Trinajstić information content (AvgIpc) is 3.54. The van der Waals surface area contributed by atoms with E-state index in [1.807, 2.05) is 0 Å². The van der Waals surface area contributed by atoms with Gasteiger partial charge in [-0.3, -0.25) is 14.4 Å². The molecule has 26 heteroatoms. The number of hydrogen-bond donors (Lipinski definition) is 14. The van der Waals surface area contributed by atoms with Crippen LogP contribution in [0.5, 0.6) is 0 Å². The van der Waals surface area contributed by atoms with Crippen LogP contribution in [0.1, 0.15) is 78.1 Å². The van der Waals surface area contributed by atoms with Gasteiger partial charge in [-0.25, -0.2) is 0 Å². The van der Waals surface area contributed by atoms with Gasteiger partial charge in [-0.2, -0.15) is 0 Å². The highest BCUT2D eigenvalue weighted by Crippen LogP contribution is 2.74. The lowest BCUT2D eigenvalue weighted by molar-refractivity contribution is -0.400. The molecule has 0 aromatic heterocycles. The Balaban J connectivity index is 1.03. The van der Waals surface area contributed by atoms with E-state index in [1.165, 1.54) is 0 Å². The van der Waals surface area contributed by atoms with Crippen molar-refractivity contribution in [3.63, 3.8) is 0 Å². The Hall–Kier alpha value is -2.65. The first-order valence-electron chi connectivity index (χ1n) is 24.9. The number of aliphatic hydroxyl groups is 13. The van der Waals surface area contributed by atoms with Gasteiger partial charge in [0.1, 0.15) is 111 Å². The van der Waals surface area contributed by atoms with Crippen LogP contribution in [-0.2, 0) is 57.0 Å². The first-order valence-corrected chi connectivity index (χ1v) is 24.9. The number of carbonyl (C=O) groups excluding carboxylic acids is 2. The molecule has 4 aliphatic carbocycles. The van der Waals surface area contributed by atoms with Crippen LogP contribution in [0.3, 0.4) is 0 Å². The van der Waals surface area contributed by atoms with Gasteiger partial charge in [-0.15, -0.1) is 0 Å². The van der Waals surface area contributed by atoms with Crippen LogP contribution in [0.2, 0.25) is 0 Å². The molecule has 0 aromatic carbocycles. The molecule has 0 amide bonds. The Morgan fingerprint density at radius 3 is 1.68 bits per heavy atom. The molecule has 1 spiro atoms. The zero-order chi connectivity index (χ0) is 53.3.